The molecule has 0 amide bonds. The van der Waals surface area contributed by atoms with Crippen molar-refractivity contribution in [1.29, 1.82) is 0 Å². The van der Waals surface area contributed by atoms with Gasteiger partial charge in [-0.2, -0.15) is 0 Å². The van der Waals surface area contributed by atoms with Gasteiger partial charge in [-0.05, 0) is 54.2 Å². The molecule has 1 fully saturated rings. The molecule has 0 N–H and O–H groups in total. The third kappa shape index (κ3) is 4.20. The lowest BCUT2D eigenvalue weighted by Crippen LogP contribution is -1.99. The van der Waals surface area contributed by atoms with Crippen LogP contribution in [0.4, 0.5) is 0 Å². The summed E-state index contributed by atoms with van der Waals surface area (Å²) in [5.41, 5.74) is 2.35. The van der Waals surface area contributed by atoms with E-state index >= 15 is 0 Å². The van der Waals surface area contributed by atoms with Crippen LogP contribution in [-0.2, 0) is 11.3 Å². The Bertz CT molecular complexity index is 600. The largest absolute Gasteiger partial charge is 0.457 e. The molecule has 2 heteroatoms. The lowest BCUT2D eigenvalue weighted by molar-refractivity contribution is 0.140. The third-order valence-electron chi connectivity index (χ3n) is 3.59. The average Bonchev–Trinajstić information content (AvgIpc) is 3.33. The Hall–Kier alpha value is -2.06. The van der Waals surface area contributed by atoms with Gasteiger partial charge in [-0.3, -0.25) is 0 Å². The van der Waals surface area contributed by atoms with Crippen molar-refractivity contribution in [2.75, 3.05) is 6.61 Å². The van der Waals surface area contributed by atoms with E-state index in [2.05, 4.69) is 12.6 Å². The molecular formula is C19H20O2. The van der Waals surface area contributed by atoms with Gasteiger partial charge in [-0.15, -0.1) is 0 Å². The van der Waals surface area contributed by atoms with E-state index in [9.17, 15) is 0 Å². The van der Waals surface area contributed by atoms with E-state index < -0.39 is 0 Å². The first-order chi connectivity index (χ1) is 10.3. The maximum atomic E-state index is 5.82. The SMILES string of the molecule is C=C(COCc1cccc(Oc2ccccc2)c1)C1CC1. The van der Waals surface area contributed by atoms with Gasteiger partial charge in [-0.25, -0.2) is 0 Å². The molecule has 0 atom stereocenters. The molecule has 1 saturated carbocycles. The van der Waals surface area contributed by atoms with Crippen LogP contribution in [0.5, 0.6) is 11.5 Å². The number of rotatable bonds is 7. The highest BCUT2D eigenvalue weighted by atomic mass is 16.5. The van der Waals surface area contributed by atoms with Crippen LogP contribution >= 0.6 is 0 Å². The first-order valence-corrected chi connectivity index (χ1v) is 7.38. The normalized spacial score (nSPS) is 13.9. The van der Waals surface area contributed by atoms with E-state index in [1.54, 1.807) is 0 Å². The predicted molar refractivity (Wildman–Crippen MR) is 84.5 cm³/mol. The molecule has 0 saturated heterocycles. The van der Waals surface area contributed by atoms with Crippen molar-refractivity contribution in [3.63, 3.8) is 0 Å². The molecule has 1 aliphatic carbocycles. The highest BCUT2D eigenvalue weighted by molar-refractivity contribution is 5.33. The minimum absolute atomic E-state index is 0.595. The molecule has 2 aromatic carbocycles. The van der Waals surface area contributed by atoms with Crippen molar-refractivity contribution in [3.8, 4) is 11.5 Å². The van der Waals surface area contributed by atoms with Gasteiger partial charge < -0.3 is 9.47 Å². The van der Waals surface area contributed by atoms with Crippen LogP contribution in [0, 0.1) is 5.92 Å². The molecule has 0 aliphatic heterocycles. The summed E-state index contributed by atoms with van der Waals surface area (Å²) in [6.07, 6.45) is 2.56. The summed E-state index contributed by atoms with van der Waals surface area (Å²) in [5.74, 6) is 2.39. The smallest absolute Gasteiger partial charge is 0.127 e. The van der Waals surface area contributed by atoms with Crippen molar-refractivity contribution in [2.24, 2.45) is 5.92 Å². The topological polar surface area (TPSA) is 18.5 Å². The summed E-state index contributed by atoms with van der Waals surface area (Å²) in [6, 6.07) is 17.8. The molecule has 0 radical (unpaired) electrons. The molecule has 108 valence electrons. The summed E-state index contributed by atoms with van der Waals surface area (Å²) in [7, 11) is 0. The van der Waals surface area contributed by atoms with Gasteiger partial charge in [-0.1, -0.05) is 36.9 Å². The zero-order valence-electron chi connectivity index (χ0n) is 12.1. The minimum atomic E-state index is 0.595. The van der Waals surface area contributed by atoms with E-state index in [-0.39, 0.29) is 0 Å². The van der Waals surface area contributed by atoms with Crippen LogP contribution in [0.3, 0.4) is 0 Å². The maximum Gasteiger partial charge on any atom is 0.127 e. The highest BCUT2D eigenvalue weighted by Gasteiger charge is 2.24. The molecule has 21 heavy (non-hydrogen) atoms. The van der Waals surface area contributed by atoms with Crippen molar-refractivity contribution in [2.45, 2.75) is 19.4 Å². The molecule has 1 aliphatic rings. The van der Waals surface area contributed by atoms with Gasteiger partial charge in [0.25, 0.3) is 0 Å². The lowest BCUT2D eigenvalue weighted by atomic mass is 10.2. The first-order valence-electron chi connectivity index (χ1n) is 7.38. The van der Waals surface area contributed by atoms with Crippen molar-refractivity contribution in [1.82, 2.24) is 0 Å². The molecule has 0 aromatic heterocycles. The van der Waals surface area contributed by atoms with Crippen LogP contribution in [0.1, 0.15) is 18.4 Å². The third-order valence-corrected chi connectivity index (χ3v) is 3.59. The van der Waals surface area contributed by atoms with E-state index in [0.717, 1.165) is 17.1 Å². The molecule has 0 bridgehead atoms. The van der Waals surface area contributed by atoms with Crippen molar-refractivity contribution < 1.29 is 9.47 Å². The fourth-order valence-corrected chi connectivity index (χ4v) is 2.23. The van der Waals surface area contributed by atoms with Crippen LogP contribution in [0.15, 0.2) is 66.7 Å². The Morgan fingerprint density at radius 1 is 1.00 bits per heavy atom. The fraction of sp³-hybridized carbons (Fsp3) is 0.263. The summed E-state index contributed by atoms with van der Waals surface area (Å²) in [5, 5.41) is 0. The summed E-state index contributed by atoms with van der Waals surface area (Å²) in [6.45, 7) is 5.33. The Balaban J connectivity index is 1.54. The number of benzene rings is 2. The van der Waals surface area contributed by atoms with E-state index in [4.69, 9.17) is 9.47 Å². The molecule has 0 spiro atoms. The quantitative estimate of drug-likeness (QED) is 0.667. The van der Waals surface area contributed by atoms with Gasteiger partial charge in [0.05, 0.1) is 13.2 Å². The second-order valence-corrected chi connectivity index (χ2v) is 5.49. The van der Waals surface area contributed by atoms with E-state index in [1.807, 2.05) is 48.5 Å². The van der Waals surface area contributed by atoms with Crippen LogP contribution in [0.2, 0.25) is 0 Å². The Kier molecular flexibility index (Phi) is 4.37. The lowest BCUT2D eigenvalue weighted by Gasteiger charge is -2.09. The molecule has 0 heterocycles. The van der Waals surface area contributed by atoms with Crippen LogP contribution < -0.4 is 4.74 Å². The molecule has 3 rings (SSSR count). The van der Waals surface area contributed by atoms with Gasteiger partial charge >= 0.3 is 0 Å². The highest BCUT2D eigenvalue weighted by Crippen LogP contribution is 2.35. The summed E-state index contributed by atoms with van der Waals surface area (Å²) < 4.78 is 11.6. The van der Waals surface area contributed by atoms with Crippen molar-refractivity contribution >= 4 is 0 Å². The number of para-hydroxylation sites is 1. The minimum Gasteiger partial charge on any atom is -0.457 e. The number of ether oxygens (including phenoxy) is 2. The van der Waals surface area contributed by atoms with E-state index in [1.165, 1.54) is 18.4 Å². The van der Waals surface area contributed by atoms with Crippen molar-refractivity contribution in [3.05, 3.63) is 72.3 Å². The maximum absolute atomic E-state index is 5.82. The van der Waals surface area contributed by atoms with Crippen LogP contribution in [0.25, 0.3) is 0 Å². The van der Waals surface area contributed by atoms with Gasteiger partial charge in [0.2, 0.25) is 0 Å². The Morgan fingerprint density at radius 2 is 1.76 bits per heavy atom. The van der Waals surface area contributed by atoms with Gasteiger partial charge in [0, 0.05) is 0 Å². The zero-order valence-corrected chi connectivity index (χ0v) is 12.1. The fourth-order valence-electron chi connectivity index (χ4n) is 2.23. The molecular weight excluding hydrogens is 260 g/mol. The summed E-state index contributed by atoms with van der Waals surface area (Å²) in [4.78, 5) is 0. The van der Waals surface area contributed by atoms with E-state index in [0.29, 0.717) is 19.1 Å². The molecule has 2 aromatic rings. The van der Waals surface area contributed by atoms with Gasteiger partial charge in [0.15, 0.2) is 0 Å². The second-order valence-electron chi connectivity index (χ2n) is 5.49. The Morgan fingerprint density at radius 3 is 2.52 bits per heavy atom. The first kappa shape index (κ1) is 13.9. The molecule has 0 unspecified atom stereocenters. The predicted octanol–water partition coefficient (Wildman–Crippen LogP) is 4.96. The van der Waals surface area contributed by atoms with Crippen LogP contribution in [-0.4, -0.2) is 6.61 Å². The summed E-state index contributed by atoms with van der Waals surface area (Å²) >= 11 is 0. The average molecular weight is 280 g/mol. The number of hydrogen-bond acceptors (Lipinski definition) is 2. The standard InChI is InChI=1S/C19H20O2/c1-15(17-10-11-17)13-20-14-16-6-5-9-19(12-16)21-18-7-3-2-4-8-18/h2-9,12,17H,1,10-11,13-14H2. The number of hydrogen-bond donors (Lipinski definition) is 0. The monoisotopic (exact) mass is 280 g/mol. The second kappa shape index (κ2) is 6.59. The Labute approximate surface area is 126 Å². The molecule has 2 nitrogen and oxygen atoms in total. The zero-order chi connectivity index (χ0) is 14.5. The van der Waals surface area contributed by atoms with Gasteiger partial charge in [0.1, 0.15) is 11.5 Å².